The fourth-order valence-electron chi connectivity index (χ4n) is 1.92. The highest BCUT2D eigenvalue weighted by atomic mass is 79.9. The van der Waals surface area contributed by atoms with Gasteiger partial charge in [-0.25, -0.2) is 0 Å². The van der Waals surface area contributed by atoms with Crippen molar-refractivity contribution in [3.8, 4) is 0 Å². The third-order valence-corrected chi connectivity index (χ3v) is 4.74. The third-order valence-electron chi connectivity index (χ3n) is 2.92. The Balaban J connectivity index is 2.15. The van der Waals surface area contributed by atoms with Crippen LogP contribution >= 0.6 is 39.3 Å². The highest BCUT2D eigenvalue weighted by Gasteiger charge is 2.06. The van der Waals surface area contributed by atoms with Crippen molar-refractivity contribution in [2.24, 2.45) is 5.92 Å². The van der Waals surface area contributed by atoms with Crippen LogP contribution in [0.3, 0.4) is 0 Å². The van der Waals surface area contributed by atoms with E-state index >= 15 is 0 Å². The first-order chi connectivity index (χ1) is 10.0. The molecule has 1 N–H and O–H groups in total. The molecular weight excluding hydrogens is 366 g/mol. The van der Waals surface area contributed by atoms with Gasteiger partial charge >= 0.3 is 0 Å². The summed E-state index contributed by atoms with van der Waals surface area (Å²) in [6.45, 7) is 6.31. The first-order valence-electron chi connectivity index (χ1n) is 6.97. The minimum atomic E-state index is 0.651. The Hall–Kier alpha value is -0.480. The molecule has 2 aromatic carbocycles. The number of benzene rings is 2. The summed E-state index contributed by atoms with van der Waals surface area (Å²) in [6, 6.07) is 14.4. The predicted molar refractivity (Wildman–Crippen MR) is 96.3 cm³/mol. The maximum Gasteiger partial charge on any atom is 0.0417 e. The number of nitrogens with one attached hydrogen (secondary N) is 1. The first-order valence-corrected chi connectivity index (χ1v) is 8.96. The van der Waals surface area contributed by atoms with Crippen LogP contribution in [0.25, 0.3) is 0 Å². The molecule has 4 heteroatoms. The molecule has 0 bridgehead atoms. The van der Waals surface area contributed by atoms with Crippen LogP contribution in [0.2, 0.25) is 5.02 Å². The van der Waals surface area contributed by atoms with Crippen LogP contribution in [-0.2, 0) is 6.54 Å². The fourth-order valence-corrected chi connectivity index (χ4v) is 3.75. The molecule has 0 amide bonds. The molecule has 2 rings (SSSR count). The Kier molecular flexibility index (Phi) is 6.62. The summed E-state index contributed by atoms with van der Waals surface area (Å²) >= 11 is 11.4. The monoisotopic (exact) mass is 383 g/mol. The van der Waals surface area contributed by atoms with E-state index in [2.05, 4.69) is 53.3 Å². The normalized spacial score (nSPS) is 11.1. The molecule has 0 radical (unpaired) electrons. The summed E-state index contributed by atoms with van der Waals surface area (Å²) in [5.74, 6) is 0.651. The van der Waals surface area contributed by atoms with Crippen LogP contribution in [0.4, 0.5) is 0 Å². The van der Waals surface area contributed by atoms with Crippen molar-refractivity contribution in [1.29, 1.82) is 0 Å². The van der Waals surface area contributed by atoms with Gasteiger partial charge < -0.3 is 5.32 Å². The van der Waals surface area contributed by atoms with E-state index in [1.54, 1.807) is 11.8 Å². The van der Waals surface area contributed by atoms with Gasteiger partial charge in [0.1, 0.15) is 0 Å². The van der Waals surface area contributed by atoms with Crippen molar-refractivity contribution in [2.75, 3.05) is 6.54 Å². The minimum Gasteiger partial charge on any atom is -0.312 e. The molecule has 112 valence electrons. The van der Waals surface area contributed by atoms with Crippen molar-refractivity contribution in [1.82, 2.24) is 5.32 Å². The van der Waals surface area contributed by atoms with Gasteiger partial charge in [-0.05, 0) is 48.4 Å². The van der Waals surface area contributed by atoms with E-state index in [1.165, 1.54) is 15.4 Å². The average Bonchev–Trinajstić information content (AvgIpc) is 2.41. The molecule has 0 saturated carbocycles. The van der Waals surface area contributed by atoms with Gasteiger partial charge in [0.25, 0.3) is 0 Å². The minimum absolute atomic E-state index is 0.651. The van der Waals surface area contributed by atoms with Gasteiger partial charge in [-0.2, -0.15) is 0 Å². The third kappa shape index (κ3) is 5.67. The Morgan fingerprint density at radius 1 is 1.19 bits per heavy atom. The van der Waals surface area contributed by atoms with Gasteiger partial charge in [-0.15, -0.1) is 0 Å². The second-order valence-corrected chi connectivity index (χ2v) is 7.80. The summed E-state index contributed by atoms with van der Waals surface area (Å²) < 4.78 is 1.09. The average molecular weight is 385 g/mol. The Morgan fingerprint density at radius 3 is 2.71 bits per heavy atom. The number of rotatable bonds is 6. The molecule has 0 aliphatic heterocycles. The van der Waals surface area contributed by atoms with Crippen LogP contribution in [0.1, 0.15) is 19.4 Å². The highest BCUT2D eigenvalue weighted by Crippen LogP contribution is 2.33. The number of hydrogen-bond donors (Lipinski definition) is 1. The van der Waals surface area contributed by atoms with E-state index in [1.807, 2.05) is 24.3 Å². The zero-order valence-corrected chi connectivity index (χ0v) is 15.4. The van der Waals surface area contributed by atoms with E-state index in [4.69, 9.17) is 11.6 Å². The summed E-state index contributed by atoms with van der Waals surface area (Å²) in [5.41, 5.74) is 1.28. The zero-order chi connectivity index (χ0) is 15.2. The van der Waals surface area contributed by atoms with Crippen molar-refractivity contribution in [3.63, 3.8) is 0 Å². The molecule has 2 aromatic rings. The van der Waals surface area contributed by atoms with Gasteiger partial charge in [0.05, 0.1) is 0 Å². The van der Waals surface area contributed by atoms with E-state index in [0.717, 1.165) is 22.6 Å². The first kappa shape index (κ1) is 16.9. The lowest BCUT2D eigenvalue weighted by atomic mass is 10.2. The lowest BCUT2D eigenvalue weighted by Crippen LogP contribution is -2.19. The van der Waals surface area contributed by atoms with Crippen molar-refractivity contribution in [2.45, 2.75) is 30.2 Å². The van der Waals surface area contributed by atoms with Crippen molar-refractivity contribution < 1.29 is 0 Å². The molecule has 0 aliphatic rings. The van der Waals surface area contributed by atoms with E-state index in [9.17, 15) is 0 Å². The Labute approximate surface area is 144 Å². The fraction of sp³-hybridized carbons (Fsp3) is 0.294. The van der Waals surface area contributed by atoms with Crippen LogP contribution < -0.4 is 5.32 Å². The van der Waals surface area contributed by atoms with Gasteiger partial charge in [0.15, 0.2) is 0 Å². The second-order valence-electron chi connectivity index (χ2n) is 5.34. The van der Waals surface area contributed by atoms with Gasteiger partial charge in [-0.1, -0.05) is 65.3 Å². The zero-order valence-electron chi connectivity index (χ0n) is 12.2. The van der Waals surface area contributed by atoms with Crippen LogP contribution in [0.15, 0.2) is 56.7 Å². The van der Waals surface area contributed by atoms with Crippen LogP contribution in [0.5, 0.6) is 0 Å². The molecule has 0 heterocycles. The highest BCUT2D eigenvalue weighted by molar-refractivity contribution is 9.10. The summed E-state index contributed by atoms with van der Waals surface area (Å²) in [5, 5.41) is 4.27. The molecule has 0 aromatic heterocycles. The van der Waals surface area contributed by atoms with E-state index in [0.29, 0.717) is 5.92 Å². The van der Waals surface area contributed by atoms with Gasteiger partial charge in [0, 0.05) is 25.8 Å². The molecule has 0 atom stereocenters. The molecule has 1 nitrogen and oxygen atoms in total. The molecule has 0 fully saturated rings. The molecule has 0 spiro atoms. The van der Waals surface area contributed by atoms with Crippen molar-refractivity contribution in [3.05, 3.63) is 57.5 Å². The molecular formula is C17H19BrClNS. The van der Waals surface area contributed by atoms with Crippen LogP contribution in [-0.4, -0.2) is 6.54 Å². The van der Waals surface area contributed by atoms with Gasteiger partial charge in [-0.3, -0.25) is 0 Å². The van der Waals surface area contributed by atoms with E-state index in [-0.39, 0.29) is 0 Å². The molecule has 0 unspecified atom stereocenters. The van der Waals surface area contributed by atoms with Crippen LogP contribution in [0, 0.1) is 5.92 Å². The molecule has 0 saturated heterocycles. The summed E-state index contributed by atoms with van der Waals surface area (Å²) in [6.07, 6.45) is 0. The van der Waals surface area contributed by atoms with E-state index < -0.39 is 0 Å². The standard InChI is InChI=1S/C17H19BrClNS/c1-12(2)10-20-11-13-6-7-15(19)9-17(13)21-16-5-3-4-14(18)8-16/h3-9,12,20H,10-11H2,1-2H3. The van der Waals surface area contributed by atoms with Crippen molar-refractivity contribution >= 4 is 39.3 Å². The van der Waals surface area contributed by atoms with Gasteiger partial charge in [0.2, 0.25) is 0 Å². The predicted octanol–water partition coefficient (Wildman–Crippen LogP) is 6.00. The molecule has 21 heavy (non-hydrogen) atoms. The Morgan fingerprint density at radius 2 is 2.00 bits per heavy atom. The smallest absolute Gasteiger partial charge is 0.0417 e. The summed E-state index contributed by atoms with van der Waals surface area (Å²) in [7, 11) is 0. The maximum absolute atomic E-state index is 6.16. The lowest BCUT2D eigenvalue weighted by Gasteiger charge is -2.12. The SMILES string of the molecule is CC(C)CNCc1ccc(Cl)cc1Sc1cccc(Br)c1. The summed E-state index contributed by atoms with van der Waals surface area (Å²) in [4.78, 5) is 2.41. The number of hydrogen-bond acceptors (Lipinski definition) is 2. The largest absolute Gasteiger partial charge is 0.312 e. The second kappa shape index (κ2) is 8.23. The topological polar surface area (TPSA) is 12.0 Å². The maximum atomic E-state index is 6.16. The lowest BCUT2D eigenvalue weighted by molar-refractivity contribution is 0.550. The quantitative estimate of drug-likeness (QED) is 0.655. The number of halogens is 2. The Bertz CT molecular complexity index is 601. The molecule has 0 aliphatic carbocycles.